The molecule has 2 aliphatic rings. The predicted molar refractivity (Wildman–Crippen MR) is 130 cm³/mol. The molecule has 1 radical (unpaired) electrons. The van der Waals surface area contributed by atoms with E-state index in [1.807, 2.05) is 10.6 Å². The maximum absolute atomic E-state index is 2.58. The number of hydrogen-bond acceptors (Lipinski definition) is 0. The van der Waals surface area contributed by atoms with Crippen molar-refractivity contribution in [2.24, 2.45) is 0 Å². The van der Waals surface area contributed by atoms with Crippen LogP contribution in [0.4, 0.5) is 0 Å². The Balaban J connectivity index is 0.00000225. The van der Waals surface area contributed by atoms with Crippen LogP contribution in [0.15, 0.2) is 24.3 Å². The molecule has 2 saturated heterocycles. The van der Waals surface area contributed by atoms with Crippen LogP contribution in [-0.4, -0.2) is 22.6 Å². The second kappa shape index (κ2) is 13.1. The Bertz CT molecular complexity index is 462. The quantitative estimate of drug-likeness (QED) is 0.226. The third-order valence-electron chi connectivity index (χ3n) is 7.01. The van der Waals surface area contributed by atoms with Gasteiger partial charge >= 0.3 is 19.5 Å². The number of rotatable bonds is 6. The van der Waals surface area contributed by atoms with Crippen LogP contribution in [0.3, 0.4) is 0 Å². The number of hydrogen-bond donors (Lipinski definition) is 0. The Hall–Kier alpha value is 0.703. The zero-order valence-electron chi connectivity index (χ0n) is 18.6. The summed E-state index contributed by atoms with van der Waals surface area (Å²) < 4.78 is 0. The second-order valence-electron chi connectivity index (χ2n) is 8.03. The minimum Gasteiger partial charge on any atom is -0.358 e. The van der Waals surface area contributed by atoms with Crippen molar-refractivity contribution in [2.75, 3.05) is 0 Å². The van der Waals surface area contributed by atoms with E-state index in [9.17, 15) is 0 Å². The summed E-state index contributed by atoms with van der Waals surface area (Å²) in [5, 5.41) is 3.79. The van der Waals surface area contributed by atoms with E-state index in [0.29, 0.717) is 0 Å². The van der Waals surface area contributed by atoms with Crippen LogP contribution < -0.4 is 10.6 Å². The fraction of sp³-hybridized carbons (Fsp3) is 0.667. The van der Waals surface area contributed by atoms with Crippen LogP contribution in [0.5, 0.6) is 0 Å². The van der Waals surface area contributed by atoms with Crippen LogP contribution in [0.1, 0.15) is 79.1 Å². The Labute approximate surface area is 186 Å². The fourth-order valence-electron chi connectivity index (χ4n) is 5.66. The Morgan fingerprint density at radius 3 is 1.11 bits per heavy atom. The molecule has 2 fully saturated rings. The van der Waals surface area contributed by atoms with Gasteiger partial charge in [-0.3, -0.25) is 0 Å². The smallest absolute Gasteiger partial charge is 0.358 e. The van der Waals surface area contributed by atoms with Gasteiger partial charge in [0.2, 0.25) is 0 Å². The van der Waals surface area contributed by atoms with Gasteiger partial charge in [0.1, 0.15) is 10.6 Å². The van der Waals surface area contributed by atoms with E-state index in [4.69, 9.17) is 0 Å². The topological polar surface area (TPSA) is 0 Å². The van der Waals surface area contributed by atoms with Crippen molar-refractivity contribution in [3.05, 3.63) is 39.1 Å². The van der Waals surface area contributed by atoms with Gasteiger partial charge < -0.3 is 14.9 Å². The van der Waals surface area contributed by atoms with Gasteiger partial charge in [-0.15, -0.1) is 0 Å². The molecular weight excluding hydrogens is 453 g/mol. The molecule has 0 spiro atoms. The standard InChI is InChI=1S/C22H36P2.2CH3.Rh/c1-5-17-13-14-18(6-2)23(17)21-11-9-10-12-22(21)24-19(7-3)15-16-20(24)8-4;;;/h9-12,17-20H,5-8,13-16H2,1-4H3;2*1H3;/q;2*-1;+2/p+2/t17-,18-,19-,20-;;;/m0.../s1. The molecule has 0 amide bonds. The molecule has 1 aromatic rings. The average Bonchev–Trinajstić information content (AvgIpc) is 3.24. The first-order valence-corrected chi connectivity index (χ1v) is 13.9. The molecule has 27 heavy (non-hydrogen) atoms. The van der Waals surface area contributed by atoms with Crippen LogP contribution in [0.25, 0.3) is 0 Å². The van der Waals surface area contributed by atoms with Crippen molar-refractivity contribution in [3.8, 4) is 0 Å². The van der Waals surface area contributed by atoms with E-state index in [1.165, 1.54) is 51.4 Å². The molecule has 0 unspecified atom stereocenters. The predicted octanol–water partition coefficient (Wildman–Crippen LogP) is 6.97. The molecule has 3 rings (SSSR count). The molecule has 1 aromatic carbocycles. The van der Waals surface area contributed by atoms with Crippen molar-refractivity contribution in [1.29, 1.82) is 0 Å². The molecule has 2 aliphatic heterocycles. The van der Waals surface area contributed by atoms with Crippen molar-refractivity contribution in [2.45, 2.75) is 102 Å². The van der Waals surface area contributed by atoms with Gasteiger partial charge in [-0.25, -0.2) is 0 Å². The van der Waals surface area contributed by atoms with Crippen molar-refractivity contribution in [3.63, 3.8) is 0 Å². The minimum absolute atomic E-state index is 0. The summed E-state index contributed by atoms with van der Waals surface area (Å²) in [6.45, 7) is 9.79. The van der Waals surface area contributed by atoms with E-state index in [0.717, 1.165) is 22.6 Å². The van der Waals surface area contributed by atoms with Gasteiger partial charge in [0.15, 0.2) is 0 Å². The molecule has 157 valence electrons. The zero-order valence-corrected chi connectivity index (χ0v) is 22.2. The summed E-state index contributed by atoms with van der Waals surface area (Å²) in [6.07, 6.45) is 11.7. The molecule has 3 heteroatoms. The average molecular weight is 497 g/mol. The SMILES string of the molecule is CC[C@H]1CC[C@H](CC)[PH+]1c1ccccc1[PH+]1[C@@H](CC)CC[C@@H]1CC.[CH3-].[CH3-].[Rh+2]. The first kappa shape index (κ1) is 27.7. The van der Waals surface area contributed by atoms with Gasteiger partial charge in [-0.05, 0) is 63.5 Å². The minimum atomic E-state index is -0.371. The summed E-state index contributed by atoms with van der Waals surface area (Å²) >= 11 is 0. The molecule has 0 aliphatic carbocycles. The Morgan fingerprint density at radius 1 is 0.630 bits per heavy atom. The Kier molecular flexibility index (Phi) is 13.4. The van der Waals surface area contributed by atoms with Crippen LogP contribution >= 0.6 is 15.8 Å². The third kappa shape index (κ3) is 5.65. The molecular formula is C24H44P2Rh+2. The molecule has 0 bridgehead atoms. The third-order valence-corrected chi connectivity index (χ3v) is 15.7. The summed E-state index contributed by atoms with van der Waals surface area (Å²) in [4.78, 5) is 0. The summed E-state index contributed by atoms with van der Waals surface area (Å²) in [6, 6.07) is 9.87. The van der Waals surface area contributed by atoms with Gasteiger partial charge in [-0.1, -0.05) is 39.8 Å². The maximum Gasteiger partial charge on any atom is 2.00 e. The van der Waals surface area contributed by atoms with Gasteiger partial charge in [0.25, 0.3) is 0 Å². The van der Waals surface area contributed by atoms with Crippen molar-refractivity contribution < 1.29 is 19.5 Å². The summed E-state index contributed by atoms with van der Waals surface area (Å²) in [5.41, 5.74) is 4.13. The zero-order chi connectivity index (χ0) is 17.1. The van der Waals surface area contributed by atoms with E-state index in [-0.39, 0.29) is 50.2 Å². The van der Waals surface area contributed by atoms with Crippen LogP contribution in [-0.2, 0) is 19.5 Å². The van der Waals surface area contributed by atoms with E-state index in [1.54, 1.807) is 0 Å². The van der Waals surface area contributed by atoms with Crippen LogP contribution in [0.2, 0.25) is 0 Å². The summed E-state index contributed by atoms with van der Waals surface area (Å²) in [5.74, 6) is 0. The van der Waals surface area contributed by atoms with E-state index >= 15 is 0 Å². The summed E-state index contributed by atoms with van der Waals surface area (Å²) in [7, 11) is -0.743. The van der Waals surface area contributed by atoms with Gasteiger partial charge in [0, 0.05) is 15.8 Å². The molecule has 0 nitrogen and oxygen atoms in total. The molecule has 0 N–H and O–H groups in total. The molecule has 0 saturated carbocycles. The fourth-order valence-corrected chi connectivity index (χ4v) is 14.7. The Morgan fingerprint density at radius 2 is 0.889 bits per heavy atom. The largest absolute Gasteiger partial charge is 2.00 e. The number of benzene rings is 1. The van der Waals surface area contributed by atoms with Crippen molar-refractivity contribution >= 4 is 26.5 Å². The second-order valence-corrected chi connectivity index (χ2v) is 14.2. The molecule has 0 aromatic heterocycles. The maximum atomic E-state index is 2.58. The molecule has 4 atom stereocenters. The van der Waals surface area contributed by atoms with E-state index < -0.39 is 0 Å². The van der Waals surface area contributed by atoms with Crippen molar-refractivity contribution in [1.82, 2.24) is 0 Å². The van der Waals surface area contributed by atoms with Gasteiger partial charge in [0.05, 0.1) is 22.6 Å². The normalized spacial score (nSPS) is 28.3. The first-order chi connectivity index (χ1) is 11.7. The van der Waals surface area contributed by atoms with Gasteiger partial charge in [-0.2, -0.15) is 0 Å². The van der Waals surface area contributed by atoms with E-state index in [2.05, 4.69) is 52.0 Å². The first-order valence-electron chi connectivity index (χ1n) is 10.6. The molecule has 2 heterocycles. The monoisotopic (exact) mass is 497 g/mol. The van der Waals surface area contributed by atoms with Crippen LogP contribution in [0, 0.1) is 14.9 Å².